The highest BCUT2D eigenvalue weighted by Gasteiger charge is 2.40. The third-order valence-corrected chi connectivity index (χ3v) is 2.02. The van der Waals surface area contributed by atoms with Gasteiger partial charge in [-0.15, -0.1) is 0 Å². The van der Waals surface area contributed by atoms with Crippen molar-refractivity contribution in [2.45, 2.75) is 53.9 Å². The Morgan fingerprint density at radius 3 is 1.21 bits per heavy atom. The van der Waals surface area contributed by atoms with Gasteiger partial charge in [-0.25, -0.2) is 8.78 Å². The number of hydrogen-bond donors (Lipinski definition) is 0. The minimum absolute atomic E-state index is 0.827. The normalized spacial score (nSPS) is 17.7. The van der Waals surface area contributed by atoms with Gasteiger partial charge in [0.1, 0.15) is 0 Å². The van der Waals surface area contributed by atoms with Crippen molar-refractivity contribution < 1.29 is 13.6 Å². The Morgan fingerprint density at radius 2 is 1.07 bits per heavy atom. The second kappa shape index (κ2) is 3.95. The predicted molar refractivity (Wildman–Crippen MR) is 53.7 cm³/mol. The van der Waals surface area contributed by atoms with Crippen molar-refractivity contribution in [2.24, 2.45) is 10.8 Å². The molecule has 0 aliphatic heterocycles. The Labute approximate surface area is 84.9 Å². The summed E-state index contributed by atoms with van der Waals surface area (Å²) >= 11 is 0. The molecule has 0 radical (unpaired) electrons. The maximum absolute atomic E-state index is 13.5. The van der Waals surface area contributed by atoms with E-state index in [9.17, 15) is 13.6 Å². The van der Waals surface area contributed by atoms with Crippen LogP contribution in [-0.2, 0) is 4.79 Å². The first-order valence-electron chi connectivity index (χ1n) is 4.80. The van der Waals surface area contributed by atoms with Gasteiger partial charge in [-0.05, 0) is 0 Å². The van der Waals surface area contributed by atoms with Crippen molar-refractivity contribution >= 4 is 5.78 Å². The summed E-state index contributed by atoms with van der Waals surface area (Å²) in [7, 11) is 0. The highest BCUT2D eigenvalue weighted by molar-refractivity contribution is 5.88. The zero-order valence-electron chi connectivity index (χ0n) is 9.82. The summed E-state index contributed by atoms with van der Waals surface area (Å²) in [5.74, 6) is -0.940. The van der Waals surface area contributed by atoms with E-state index in [0.717, 1.165) is 0 Å². The number of alkyl halides is 2. The fourth-order valence-electron chi connectivity index (χ4n) is 0.982. The monoisotopic (exact) mass is 206 g/mol. The molecule has 0 saturated heterocycles. The first-order chi connectivity index (χ1) is 5.98. The molecule has 84 valence electrons. The van der Waals surface area contributed by atoms with Crippen LogP contribution < -0.4 is 0 Å². The third kappa shape index (κ3) is 3.35. The van der Waals surface area contributed by atoms with Crippen LogP contribution in [-0.4, -0.2) is 18.1 Å². The van der Waals surface area contributed by atoms with Crippen molar-refractivity contribution in [3.05, 3.63) is 0 Å². The lowest BCUT2D eigenvalue weighted by atomic mass is 9.80. The molecule has 0 N–H and O–H groups in total. The maximum Gasteiger partial charge on any atom is 0.201 e. The predicted octanol–water partition coefficient (Wildman–Crippen LogP) is 3.32. The Balaban J connectivity index is 4.65. The van der Waals surface area contributed by atoms with E-state index in [1.165, 1.54) is 0 Å². The van der Waals surface area contributed by atoms with E-state index in [0.29, 0.717) is 0 Å². The molecule has 0 aromatic rings. The quantitative estimate of drug-likeness (QED) is 0.677. The van der Waals surface area contributed by atoms with Gasteiger partial charge in [0.25, 0.3) is 0 Å². The zero-order chi connectivity index (χ0) is 11.7. The van der Waals surface area contributed by atoms with Crippen molar-refractivity contribution in [1.82, 2.24) is 0 Å². The van der Waals surface area contributed by atoms with Gasteiger partial charge in [0, 0.05) is 10.8 Å². The van der Waals surface area contributed by atoms with E-state index >= 15 is 0 Å². The van der Waals surface area contributed by atoms with E-state index in [4.69, 9.17) is 0 Å². The lowest BCUT2D eigenvalue weighted by Crippen LogP contribution is -2.41. The molecule has 0 aliphatic rings. The molecular weight excluding hydrogens is 186 g/mol. The summed E-state index contributed by atoms with van der Waals surface area (Å²) < 4.78 is 27.0. The van der Waals surface area contributed by atoms with Crippen LogP contribution in [0.4, 0.5) is 8.78 Å². The number of carbonyl (C=O) groups is 1. The largest absolute Gasteiger partial charge is 0.293 e. The van der Waals surface area contributed by atoms with Gasteiger partial charge < -0.3 is 0 Å². The molecule has 2 unspecified atom stereocenters. The average molecular weight is 206 g/mol. The second-order valence-electron chi connectivity index (χ2n) is 5.86. The number of rotatable bonds is 2. The number of ketones is 1. The van der Waals surface area contributed by atoms with E-state index < -0.39 is 29.0 Å². The van der Waals surface area contributed by atoms with Crippen LogP contribution in [0.5, 0.6) is 0 Å². The highest BCUT2D eigenvalue weighted by Crippen LogP contribution is 2.30. The molecule has 0 heterocycles. The maximum atomic E-state index is 13.5. The third-order valence-electron chi connectivity index (χ3n) is 2.02. The van der Waals surface area contributed by atoms with Gasteiger partial charge in [0.2, 0.25) is 5.78 Å². The molecular formula is C11H20F2O. The molecule has 0 amide bonds. The van der Waals surface area contributed by atoms with E-state index in [1.807, 2.05) is 0 Å². The Bertz CT molecular complexity index is 188. The summed E-state index contributed by atoms with van der Waals surface area (Å²) in [5, 5.41) is 0. The molecule has 1 nitrogen and oxygen atoms in total. The van der Waals surface area contributed by atoms with Crippen molar-refractivity contribution in [2.75, 3.05) is 0 Å². The van der Waals surface area contributed by atoms with Gasteiger partial charge in [0.15, 0.2) is 12.3 Å². The second-order valence-corrected chi connectivity index (χ2v) is 5.86. The number of Topliss-reactive ketones (excluding diaryl/α,β-unsaturated/α-hetero) is 1. The lowest BCUT2D eigenvalue weighted by molar-refractivity contribution is -0.136. The molecule has 0 fully saturated rings. The lowest BCUT2D eigenvalue weighted by Gasteiger charge is -2.28. The van der Waals surface area contributed by atoms with Crippen molar-refractivity contribution in [1.29, 1.82) is 0 Å². The molecule has 3 heteroatoms. The number of carbonyl (C=O) groups excluding carboxylic acids is 1. The summed E-state index contributed by atoms with van der Waals surface area (Å²) in [4.78, 5) is 11.4. The number of hydrogen-bond acceptors (Lipinski definition) is 1. The molecule has 0 bridgehead atoms. The fraction of sp³-hybridized carbons (Fsp3) is 0.909. The zero-order valence-corrected chi connectivity index (χ0v) is 9.82. The van der Waals surface area contributed by atoms with Crippen LogP contribution in [0.15, 0.2) is 0 Å². The first kappa shape index (κ1) is 13.5. The van der Waals surface area contributed by atoms with Crippen molar-refractivity contribution in [3.63, 3.8) is 0 Å². The molecule has 2 atom stereocenters. The van der Waals surface area contributed by atoms with Gasteiger partial charge >= 0.3 is 0 Å². The van der Waals surface area contributed by atoms with E-state index in [1.54, 1.807) is 41.5 Å². The summed E-state index contributed by atoms with van der Waals surface area (Å²) in [6.45, 7) is 9.53. The standard InChI is InChI=1S/C11H20F2O/c1-10(2,3)8(12)7(14)9(13)11(4,5)6/h8-9H,1-6H3. The van der Waals surface area contributed by atoms with Crippen LogP contribution >= 0.6 is 0 Å². The van der Waals surface area contributed by atoms with Crippen molar-refractivity contribution in [3.8, 4) is 0 Å². The molecule has 0 aromatic carbocycles. The first-order valence-corrected chi connectivity index (χ1v) is 4.80. The SMILES string of the molecule is CC(C)(C)C(F)C(=O)C(F)C(C)(C)C. The van der Waals surface area contributed by atoms with Crippen LogP contribution in [0.2, 0.25) is 0 Å². The molecule has 14 heavy (non-hydrogen) atoms. The van der Waals surface area contributed by atoms with Crippen LogP contribution in [0.3, 0.4) is 0 Å². The van der Waals surface area contributed by atoms with Crippen LogP contribution in [0.25, 0.3) is 0 Å². The summed E-state index contributed by atoms with van der Waals surface area (Å²) in [5.41, 5.74) is -1.65. The van der Waals surface area contributed by atoms with Gasteiger partial charge in [0.05, 0.1) is 0 Å². The topological polar surface area (TPSA) is 17.1 Å². The van der Waals surface area contributed by atoms with Gasteiger partial charge in [-0.2, -0.15) is 0 Å². The molecule has 0 rings (SSSR count). The highest BCUT2D eigenvalue weighted by atomic mass is 19.1. The average Bonchev–Trinajstić information content (AvgIpc) is 1.97. The Hall–Kier alpha value is -0.470. The summed E-state index contributed by atoms with van der Waals surface area (Å²) in [6.07, 6.45) is -3.48. The van der Waals surface area contributed by atoms with Crippen LogP contribution in [0.1, 0.15) is 41.5 Å². The molecule has 0 aliphatic carbocycles. The van der Waals surface area contributed by atoms with Crippen LogP contribution in [0, 0.1) is 10.8 Å². The fourth-order valence-corrected chi connectivity index (χ4v) is 0.982. The van der Waals surface area contributed by atoms with E-state index in [-0.39, 0.29) is 0 Å². The molecule has 0 spiro atoms. The van der Waals surface area contributed by atoms with E-state index in [2.05, 4.69) is 0 Å². The minimum atomic E-state index is -1.74. The Kier molecular flexibility index (Phi) is 3.82. The smallest absolute Gasteiger partial charge is 0.201 e. The Morgan fingerprint density at radius 1 is 0.857 bits per heavy atom. The summed E-state index contributed by atoms with van der Waals surface area (Å²) in [6, 6.07) is 0. The molecule has 0 aromatic heterocycles. The number of halogens is 2. The van der Waals surface area contributed by atoms with Gasteiger partial charge in [-0.1, -0.05) is 41.5 Å². The molecule has 0 saturated carbocycles. The van der Waals surface area contributed by atoms with Gasteiger partial charge in [-0.3, -0.25) is 4.79 Å². The minimum Gasteiger partial charge on any atom is -0.293 e.